The summed E-state index contributed by atoms with van der Waals surface area (Å²) in [5.41, 5.74) is 10.4. The Balaban J connectivity index is 2.80. The average molecular weight is 161 g/mol. The average Bonchev–Trinajstić information content (AvgIpc) is 1.96. The Kier molecular flexibility index (Phi) is 7.83. The highest BCUT2D eigenvalue weighted by Crippen LogP contribution is 1.96. The van der Waals surface area contributed by atoms with Gasteiger partial charge in [-0.15, -0.1) is 0 Å². The van der Waals surface area contributed by atoms with Crippen molar-refractivity contribution in [3.63, 3.8) is 0 Å². The molecule has 6 N–H and O–H groups in total. The molecular weight excluding hydrogens is 142 g/mol. The van der Waals surface area contributed by atoms with E-state index in [2.05, 4.69) is 5.32 Å². The number of hydrogen-bond acceptors (Lipinski definition) is 4. The van der Waals surface area contributed by atoms with Crippen molar-refractivity contribution in [1.82, 2.24) is 5.32 Å². The van der Waals surface area contributed by atoms with Crippen molar-refractivity contribution in [2.75, 3.05) is 13.1 Å². The molecule has 4 nitrogen and oxygen atoms in total. The minimum Gasteiger partial charge on any atom is -0.366 e. The Bertz CT molecular complexity index is 78.1. The first-order chi connectivity index (χ1) is 5.27. The second-order valence-corrected chi connectivity index (χ2v) is 2.60. The lowest BCUT2D eigenvalue weighted by molar-refractivity contribution is 0.144. The van der Waals surface area contributed by atoms with Crippen LogP contribution >= 0.6 is 0 Å². The van der Waals surface area contributed by atoms with Crippen molar-refractivity contribution < 1.29 is 5.11 Å². The topological polar surface area (TPSA) is 84.3 Å². The summed E-state index contributed by atoms with van der Waals surface area (Å²) in [4.78, 5) is 0. The highest BCUT2D eigenvalue weighted by molar-refractivity contribution is 4.48. The molecule has 0 fully saturated rings. The van der Waals surface area contributed by atoms with E-state index < -0.39 is 6.35 Å². The van der Waals surface area contributed by atoms with Crippen LogP contribution in [0.3, 0.4) is 0 Å². The van der Waals surface area contributed by atoms with Crippen LogP contribution in [0.1, 0.15) is 25.7 Å². The zero-order valence-corrected chi connectivity index (χ0v) is 6.92. The molecule has 0 aliphatic carbocycles. The van der Waals surface area contributed by atoms with Crippen LogP contribution in [0.4, 0.5) is 0 Å². The van der Waals surface area contributed by atoms with Gasteiger partial charge in [0.25, 0.3) is 0 Å². The van der Waals surface area contributed by atoms with E-state index in [-0.39, 0.29) is 0 Å². The van der Waals surface area contributed by atoms with Gasteiger partial charge in [-0.25, -0.2) is 0 Å². The Morgan fingerprint density at radius 3 is 2.36 bits per heavy atom. The lowest BCUT2D eigenvalue weighted by Crippen LogP contribution is -2.37. The number of hydrogen-bond donors (Lipinski definition) is 4. The zero-order chi connectivity index (χ0) is 8.53. The molecule has 68 valence electrons. The molecule has 0 amide bonds. The SMILES string of the molecule is NCCCCCCN[C@@H](N)O. The number of aliphatic hydroxyl groups excluding tert-OH is 1. The second-order valence-electron chi connectivity index (χ2n) is 2.60. The van der Waals surface area contributed by atoms with Gasteiger partial charge in [0, 0.05) is 0 Å². The smallest absolute Gasteiger partial charge is 0.157 e. The van der Waals surface area contributed by atoms with Crippen molar-refractivity contribution >= 4 is 0 Å². The molecule has 4 heteroatoms. The standard InChI is InChI=1S/C7H19N3O/c8-5-3-1-2-4-6-10-7(9)11/h7,10-11H,1-6,8-9H2/t7-/m1/s1. The normalized spacial score (nSPS) is 13.4. The number of nitrogens with one attached hydrogen (secondary N) is 1. The molecule has 0 aromatic heterocycles. The third-order valence-corrected chi connectivity index (χ3v) is 1.48. The summed E-state index contributed by atoms with van der Waals surface area (Å²) in [5, 5.41) is 11.3. The molecule has 0 saturated carbocycles. The maximum Gasteiger partial charge on any atom is 0.157 e. The van der Waals surface area contributed by atoms with Crippen LogP contribution in [0, 0.1) is 0 Å². The molecule has 0 spiro atoms. The first kappa shape index (κ1) is 10.8. The monoisotopic (exact) mass is 161 g/mol. The molecular formula is C7H19N3O. The highest BCUT2D eigenvalue weighted by atomic mass is 16.3. The largest absolute Gasteiger partial charge is 0.366 e. The van der Waals surface area contributed by atoms with Crippen LogP contribution in [0.2, 0.25) is 0 Å². The quantitative estimate of drug-likeness (QED) is 0.295. The van der Waals surface area contributed by atoms with Crippen molar-refractivity contribution in [3.05, 3.63) is 0 Å². The first-order valence-electron chi connectivity index (χ1n) is 4.14. The molecule has 0 aromatic rings. The van der Waals surface area contributed by atoms with E-state index in [1.54, 1.807) is 0 Å². The molecule has 0 heterocycles. The zero-order valence-electron chi connectivity index (χ0n) is 6.92. The molecule has 1 atom stereocenters. The fourth-order valence-electron chi connectivity index (χ4n) is 0.873. The maximum absolute atomic E-state index is 8.60. The third kappa shape index (κ3) is 9.84. The molecule has 0 radical (unpaired) electrons. The van der Waals surface area contributed by atoms with Gasteiger partial charge in [-0.2, -0.15) is 0 Å². The van der Waals surface area contributed by atoms with Crippen LogP contribution in [0.15, 0.2) is 0 Å². The van der Waals surface area contributed by atoms with Gasteiger partial charge in [-0.3, -0.25) is 11.1 Å². The lowest BCUT2D eigenvalue weighted by Gasteiger charge is -2.05. The van der Waals surface area contributed by atoms with E-state index in [0.29, 0.717) is 0 Å². The van der Waals surface area contributed by atoms with Gasteiger partial charge in [-0.1, -0.05) is 12.8 Å². The fourth-order valence-corrected chi connectivity index (χ4v) is 0.873. The summed E-state index contributed by atoms with van der Waals surface area (Å²) in [6.45, 7) is 1.55. The van der Waals surface area contributed by atoms with Gasteiger partial charge in [0.2, 0.25) is 0 Å². The van der Waals surface area contributed by atoms with E-state index in [1.807, 2.05) is 0 Å². The van der Waals surface area contributed by atoms with E-state index in [0.717, 1.165) is 32.4 Å². The van der Waals surface area contributed by atoms with E-state index in [9.17, 15) is 0 Å². The van der Waals surface area contributed by atoms with E-state index in [4.69, 9.17) is 16.6 Å². The predicted octanol–water partition coefficient (Wildman–Crippen LogP) is -0.670. The summed E-state index contributed by atoms with van der Waals surface area (Å²) in [7, 11) is 0. The predicted molar refractivity (Wildman–Crippen MR) is 45.7 cm³/mol. The first-order valence-corrected chi connectivity index (χ1v) is 4.14. The molecule has 0 aromatic carbocycles. The van der Waals surface area contributed by atoms with Crippen LogP contribution in [-0.2, 0) is 0 Å². The molecule has 0 saturated heterocycles. The molecule has 0 unspecified atom stereocenters. The summed E-state index contributed by atoms with van der Waals surface area (Å²) in [6, 6.07) is 0. The van der Waals surface area contributed by atoms with E-state index in [1.165, 1.54) is 6.42 Å². The van der Waals surface area contributed by atoms with Gasteiger partial charge >= 0.3 is 0 Å². The summed E-state index contributed by atoms with van der Waals surface area (Å²) in [5.74, 6) is 0. The van der Waals surface area contributed by atoms with Crippen molar-refractivity contribution in [2.24, 2.45) is 11.5 Å². The summed E-state index contributed by atoms with van der Waals surface area (Å²) < 4.78 is 0. The van der Waals surface area contributed by atoms with Gasteiger partial charge in [0.1, 0.15) is 0 Å². The molecule has 0 aliphatic rings. The summed E-state index contributed by atoms with van der Waals surface area (Å²) >= 11 is 0. The minimum absolute atomic E-state index is 0.771. The Labute approximate surface area is 68.0 Å². The van der Waals surface area contributed by atoms with Gasteiger partial charge in [0.15, 0.2) is 6.35 Å². The molecule has 11 heavy (non-hydrogen) atoms. The van der Waals surface area contributed by atoms with Crippen molar-refractivity contribution in [1.29, 1.82) is 0 Å². The number of rotatable bonds is 7. The van der Waals surface area contributed by atoms with E-state index >= 15 is 0 Å². The Hall–Kier alpha value is -0.160. The Morgan fingerprint density at radius 1 is 1.18 bits per heavy atom. The second kappa shape index (κ2) is 7.94. The van der Waals surface area contributed by atoms with Gasteiger partial charge in [0.05, 0.1) is 0 Å². The molecule has 0 rings (SSSR count). The molecule has 0 aliphatic heterocycles. The number of aliphatic hydroxyl groups is 1. The molecule has 0 bridgehead atoms. The highest BCUT2D eigenvalue weighted by Gasteiger charge is 1.92. The van der Waals surface area contributed by atoms with Crippen LogP contribution in [0.25, 0.3) is 0 Å². The fraction of sp³-hybridized carbons (Fsp3) is 1.00. The third-order valence-electron chi connectivity index (χ3n) is 1.48. The lowest BCUT2D eigenvalue weighted by atomic mass is 10.2. The van der Waals surface area contributed by atoms with Gasteiger partial charge < -0.3 is 10.8 Å². The van der Waals surface area contributed by atoms with Crippen molar-refractivity contribution in [2.45, 2.75) is 32.0 Å². The minimum atomic E-state index is -0.871. The Morgan fingerprint density at radius 2 is 1.82 bits per heavy atom. The number of nitrogens with two attached hydrogens (primary N) is 2. The van der Waals surface area contributed by atoms with Gasteiger partial charge in [-0.05, 0) is 25.9 Å². The maximum atomic E-state index is 8.60. The van der Waals surface area contributed by atoms with Crippen LogP contribution in [0.5, 0.6) is 0 Å². The van der Waals surface area contributed by atoms with Crippen molar-refractivity contribution in [3.8, 4) is 0 Å². The van der Waals surface area contributed by atoms with Crippen LogP contribution < -0.4 is 16.8 Å². The number of unbranched alkanes of at least 4 members (excludes halogenated alkanes) is 3. The van der Waals surface area contributed by atoms with Crippen LogP contribution in [-0.4, -0.2) is 24.5 Å². The summed E-state index contributed by atoms with van der Waals surface area (Å²) in [6.07, 6.45) is 3.58.